The van der Waals surface area contributed by atoms with Crippen molar-refractivity contribution in [2.75, 3.05) is 32.8 Å². The summed E-state index contributed by atoms with van der Waals surface area (Å²) in [4.78, 5) is 0. The zero-order chi connectivity index (χ0) is 9.86. The van der Waals surface area contributed by atoms with Gasteiger partial charge in [-0.2, -0.15) is 0 Å². The maximum absolute atomic E-state index is 10.1. The third-order valence-corrected chi connectivity index (χ3v) is 3.16. The van der Waals surface area contributed by atoms with Gasteiger partial charge in [0.2, 0.25) is 0 Å². The standard InChI is InChI=1S/C10H20N2O2/c13-10(3-4-11-7-10)8-12-9-1-5-14-6-2-9/h9,11-13H,1-8H2. The number of ether oxygens (including phenoxy) is 1. The smallest absolute Gasteiger partial charge is 0.0907 e. The highest BCUT2D eigenvalue weighted by Gasteiger charge is 2.31. The van der Waals surface area contributed by atoms with Crippen LogP contribution in [0.4, 0.5) is 0 Å². The van der Waals surface area contributed by atoms with Crippen LogP contribution in [0.3, 0.4) is 0 Å². The number of hydrogen-bond acceptors (Lipinski definition) is 4. The molecule has 3 N–H and O–H groups in total. The molecule has 14 heavy (non-hydrogen) atoms. The van der Waals surface area contributed by atoms with Crippen LogP contribution < -0.4 is 10.6 Å². The van der Waals surface area contributed by atoms with Crippen molar-refractivity contribution in [2.45, 2.75) is 30.9 Å². The second kappa shape index (κ2) is 4.57. The number of hydrogen-bond donors (Lipinski definition) is 3. The molecule has 2 aliphatic rings. The zero-order valence-electron chi connectivity index (χ0n) is 8.59. The summed E-state index contributed by atoms with van der Waals surface area (Å²) in [6, 6.07) is 0.536. The van der Waals surface area contributed by atoms with E-state index in [0.29, 0.717) is 12.6 Å². The van der Waals surface area contributed by atoms with Gasteiger partial charge in [0.15, 0.2) is 0 Å². The Labute approximate surface area is 85.0 Å². The van der Waals surface area contributed by atoms with E-state index in [2.05, 4.69) is 10.6 Å². The van der Waals surface area contributed by atoms with Crippen molar-refractivity contribution in [3.8, 4) is 0 Å². The largest absolute Gasteiger partial charge is 0.387 e. The lowest BCUT2D eigenvalue weighted by atomic mass is 10.0. The first-order valence-corrected chi connectivity index (χ1v) is 5.53. The molecule has 2 aliphatic heterocycles. The maximum Gasteiger partial charge on any atom is 0.0907 e. The van der Waals surface area contributed by atoms with E-state index < -0.39 is 5.60 Å². The molecular weight excluding hydrogens is 180 g/mol. The van der Waals surface area contributed by atoms with E-state index in [4.69, 9.17) is 4.74 Å². The van der Waals surface area contributed by atoms with E-state index >= 15 is 0 Å². The van der Waals surface area contributed by atoms with Gasteiger partial charge < -0.3 is 20.5 Å². The lowest BCUT2D eigenvalue weighted by molar-refractivity contribution is 0.0416. The van der Waals surface area contributed by atoms with E-state index in [1.165, 1.54) is 0 Å². The van der Waals surface area contributed by atoms with Gasteiger partial charge in [-0.1, -0.05) is 0 Å². The Hall–Kier alpha value is -0.160. The lowest BCUT2D eigenvalue weighted by Gasteiger charge is -2.28. The summed E-state index contributed by atoms with van der Waals surface area (Å²) in [5.41, 5.74) is -0.516. The molecule has 0 aromatic heterocycles. The van der Waals surface area contributed by atoms with Crippen LogP contribution in [-0.2, 0) is 4.74 Å². The van der Waals surface area contributed by atoms with Gasteiger partial charge in [-0.05, 0) is 25.8 Å². The van der Waals surface area contributed by atoms with Crippen LogP contribution >= 0.6 is 0 Å². The minimum atomic E-state index is -0.516. The highest BCUT2D eigenvalue weighted by Crippen LogP contribution is 2.14. The van der Waals surface area contributed by atoms with Crippen molar-refractivity contribution in [1.82, 2.24) is 10.6 Å². The Balaban J connectivity index is 1.70. The van der Waals surface area contributed by atoms with Gasteiger partial charge in [-0.25, -0.2) is 0 Å². The Morgan fingerprint density at radius 2 is 2.21 bits per heavy atom. The molecule has 0 amide bonds. The third kappa shape index (κ3) is 2.67. The number of nitrogens with one attached hydrogen (secondary N) is 2. The van der Waals surface area contributed by atoms with Crippen molar-refractivity contribution < 1.29 is 9.84 Å². The SMILES string of the molecule is OC1(CNC2CCOCC2)CCNC1. The second-order valence-corrected chi connectivity index (χ2v) is 4.42. The van der Waals surface area contributed by atoms with Gasteiger partial charge >= 0.3 is 0 Å². The van der Waals surface area contributed by atoms with Gasteiger partial charge in [0.05, 0.1) is 5.60 Å². The average Bonchev–Trinajstić information content (AvgIpc) is 2.65. The molecule has 2 rings (SSSR count). The van der Waals surface area contributed by atoms with Gasteiger partial charge in [-0.3, -0.25) is 0 Å². The van der Waals surface area contributed by atoms with Crippen LogP contribution in [-0.4, -0.2) is 49.6 Å². The molecule has 0 aliphatic carbocycles. The molecule has 4 nitrogen and oxygen atoms in total. The van der Waals surface area contributed by atoms with Crippen LogP contribution in [0.15, 0.2) is 0 Å². The van der Waals surface area contributed by atoms with Crippen molar-refractivity contribution in [1.29, 1.82) is 0 Å². The normalized spacial score (nSPS) is 34.9. The summed E-state index contributed by atoms with van der Waals surface area (Å²) in [7, 11) is 0. The molecule has 2 fully saturated rings. The van der Waals surface area contributed by atoms with E-state index in [0.717, 1.165) is 45.6 Å². The van der Waals surface area contributed by atoms with Crippen molar-refractivity contribution in [3.63, 3.8) is 0 Å². The molecular formula is C10H20N2O2. The first kappa shape index (κ1) is 10.4. The predicted molar refractivity (Wildman–Crippen MR) is 54.3 cm³/mol. The van der Waals surface area contributed by atoms with Crippen molar-refractivity contribution in [3.05, 3.63) is 0 Å². The quantitative estimate of drug-likeness (QED) is 0.574. The fourth-order valence-electron chi connectivity index (χ4n) is 2.12. The monoisotopic (exact) mass is 200 g/mol. The highest BCUT2D eigenvalue weighted by molar-refractivity contribution is 4.90. The van der Waals surface area contributed by atoms with E-state index in [1.807, 2.05) is 0 Å². The molecule has 4 heteroatoms. The Morgan fingerprint density at radius 1 is 1.43 bits per heavy atom. The average molecular weight is 200 g/mol. The molecule has 0 spiro atoms. The number of β-amino-alcohol motifs (C(OH)–C–C–N with tert-alkyl or cyclic N) is 1. The zero-order valence-corrected chi connectivity index (χ0v) is 8.59. The number of aliphatic hydroxyl groups is 1. The number of rotatable bonds is 3. The van der Waals surface area contributed by atoms with Gasteiger partial charge in [0.1, 0.15) is 0 Å². The molecule has 1 unspecified atom stereocenters. The van der Waals surface area contributed by atoms with Gasteiger partial charge in [-0.15, -0.1) is 0 Å². The molecule has 0 radical (unpaired) electrons. The molecule has 0 aromatic carbocycles. The van der Waals surface area contributed by atoms with E-state index in [-0.39, 0.29) is 0 Å². The maximum atomic E-state index is 10.1. The van der Waals surface area contributed by atoms with Crippen LogP contribution in [0.2, 0.25) is 0 Å². The highest BCUT2D eigenvalue weighted by atomic mass is 16.5. The molecule has 2 heterocycles. The van der Waals surface area contributed by atoms with E-state index in [1.54, 1.807) is 0 Å². The lowest BCUT2D eigenvalue weighted by Crippen LogP contribution is -2.47. The predicted octanol–water partition coefficient (Wildman–Crippen LogP) is -0.521. The molecule has 0 saturated carbocycles. The summed E-state index contributed by atoms with van der Waals surface area (Å²) in [5.74, 6) is 0. The molecule has 0 aromatic rings. The van der Waals surface area contributed by atoms with Gasteiger partial charge in [0.25, 0.3) is 0 Å². The fourth-order valence-corrected chi connectivity index (χ4v) is 2.12. The Morgan fingerprint density at radius 3 is 2.86 bits per heavy atom. The van der Waals surface area contributed by atoms with Gasteiger partial charge in [0, 0.05) is 32.3 Å². The topological polar surface area (TPSA) is 53.5 Å². The first-order chi connectivity index (χ1) is 6.79. The summed E-state index contributed by atoms with van der Waals surface area (Å²) >= 11 is 0. The minimum absolute atomic E-state index is 0.516. The summed E-state index contributed by atoms with van der Waals surface area (Å²) < 4.78 is 5.28. The second-order valence-electron chi connectivity index (χ2n) is 4.42. The van der Waals surface area contributed by atoms with Crippen LogP contribution in [0.25, 0.3) is 0 Å². The fraction of sp³-hybridized carbons (Fsp3) is 1.00. The minimum Gasteiger partial charge on any atom is -0.387 e. The van der Waals surface area contributed by atoms with Crippen LogP contribution in [0, 0.1) is 0 Å². The summed E-state index contributed by atoms with van der Waals surface area (Å²) in [5, 5.41) is 16.7. The first-order valence-electron chi connectivity index (χ1n) is 5.53. The van der Waals surface area contributed by atoms with Crippen LogP contribution in [0.1, 0.15) is 19.3 Å². The summed E-state index contributed by atoms with van der Waals surface area (Å²) in [6.45, 7) is 4.09. The molecule has 1 atom stereocenters. The van der Waals surface area contributed by atoms with Crippen molar-refractivity contribution >= 4 is 0 Å². The summed E-state index contributed by atoms with van der Waals surface area (Å²) in [6.07, 6.45) is 3.01. The Bertz CT molecular complexity index is 175. The van der Waals surface area contributed by atoms with E-state index in [9.17, 15) is 5.11 Å². The van der Waals surface area contributed by atoms with Crippen LogP contribution in [0.5, 0.6) is 0 Å². The third-order valence-electron chi connectivity index (χ3n) is 3.16. The molecule has 2 saturated heterocycles. The van der Waals surface area contributed by atoms with Crippen molar-refractivity contribution in [2.24, 2.45) is 0 Å². The Kier molecular flexibility index (Phi) is 3.38. The molecule has 82 valence electrons. The molecule has 0 bridgehead atoms.